The van der Waals surface area contributed by atoms with Gasteiger partial charge in [-0.1, -0.05) is 33.1 Å². The number of hydrogen-bond donors (Lipinski definition) is 0. The van der Waals surface area contributed by atoms with Gasteiger partial charge in [0.1, 0.15) is 0 Å². The molecule has 0 N–H and O–H groups in total. The molecule has 0 amide bonds. The van der Waals surface area contributed by atoms with Crippen LogP contribution in [0, 0.1) is 0 Å². The molecule has 3 heteroatoms. The predicted octanol–water partition coefficient (Wildman–Crippen LogP) is 3.08. The molecule has 0 fully saturated rings. The van der Waals surface area contributed by atoms with Gasteiger partial charge in [0.2, 0.25) is 0 Å². The molecule has 0 aliphatic rings. The minimum Gasteiger partial charge on any atom is -0.330 e. The van der Waals surface area contributed by atoms with Crippen LogP contribution in [0.25, 0.3) is 0 Å². The van der Waals surface area contributed by atoms with Gasteiger partial charge in [-0.25, -0.2) is 0 Å². The molecule has 0 radical (unpaired) electrons. The van der Waals surface area contributed by atoms with Gasteiger partial charge < -0.3 is 4.52 Å². The molecule has 0 aromatic heterocycles. The van der Waals surface area contributed by atoms with E-state index in [1.54, 1.807) is 0 Å². The Morgan fingerprint density at radius 3 is 2.45 bits per heavy atom. The lowest BCUT2D eigenvalue weighted by atomic mass is 10.2. The van der Waals surface area contributed by atoms with Crippen LogP contribution in [0.4, 0.5) is 0 Å². The second kappa shape index (κ2) is 8.29. The summed E-state index contributed by atoms with van der Waals surface area (Å²) >= 11 is 0. The van der Waals surface area contributed by atoms with Gasteiger partial charge in [0.15, 0.2) is 8.03 Å². The van der Waals surface area contributed by atoms with Gasteiger partial charge in [-0.3, -0.25) is 4.57 Å². The molecule has 68 valence electrons. The molecule has 0 rings (SSSR count). The molecule has 0 aliphatic carbocycles. The summed E-state index contributed by atoms with van der Waals surface area (Å²) in [5.41, 5.74) is 0. The third kappa shape index (κ3) is 8.09. The quantitative estimate of drug-likeness (QED) is 0.442. The Labute approximate surface area is 70.2 Å². The van der Waals surface area contributed by atoms with E-state index in [0.717, 1.165) is 6.42 Å². The molecule has 0 bridgehead atoms. The van der Waals surface area contributed by atoms with Crippen molar-refractivity contribution in [3.8, 4) is 0 Å². The summed E-state index contributed by atoms with van der Waals surface area (Å²) in [4.78, 5) is 0. The van der Waals surface area contributed by atoms with E-state index in [-0.39, 0.29) is 0 Å². The van der Waals surface area contributed by atoms with E-state index in [1.807, 2.05) is 6.92 Å². The van der Waals surface area contributed by atoms with Crippen LogP contribution in [0.2, 0.25) is 0 Å². The van der Waals surface area contributed by atoms with E-state index in [2.05, 4.69) is 6.92 Å². The fourth-order valence-electron chi connectivity index (χ4n) is 0.817. The molecule has 0 saturated carbocycles. The highest BCUT2D eigenvalue weighted by Crippen LogP contribution is 2.20. The Balaban J connectivity index is 2.95. The first-order valence-electron chi connectivity index (χ1n) is 4.46. The number of hydrogen-bond acceptors (Lipinski definition) is 2. The minimum absolute atomic E-state index is 0.679. The molecule has 0 aromatic carbocycles. The summed E-state index contributed by atoms with van der Waals surface area (Å²) in [6.07, 6.45) is 5.44. The van der Waals surface area contributed by atoms with Crippen molar-refractivity contribution in [1.29, 1.82) is 0 Å². The maximum Gasteiger partial charge on any atom is 0.191 e. The van der Waals surface area contributed by atoms with Crippen LogP contribution in [0.1, 0.15) is 39.5 Å². The number of unbranched alkanes of at least 4 members (excludes halogenated alkanes) is 3. The van der Waals surface area contributed by atoms with Gasteiger partial charge >= 0.3 is 0 Å². The van der Waals surface area contributed by atoms with E-state index >= 15 is 0 Å². The molecule has 0 aliphatic heterocycles. The van der Waals surface area contributed by atoms with Crippen molar-refractivity contribution >= 4 is 8.03 Å². The third-order valence-corrected chi connectivity index (χ3v) is 2.65. The topological polar surface area (TPSA) is 26.3 Å². The van der Waals surface area contributed by atoms with E-state index in [9.17, 15) is 4.57 Å². The standard InChI is InChI=1S/C8H19O2P/c1-3-5-6-7-8-10-11(9)4-2/h11H,3-8H2,1-2H3. The monoisotopic (exact) mass is 178 g/mol. The highest BCUT2D eigenvalue weighted by molar-refractivity contribution is 7.39. The lowest BCUT2D eigenvalue weighted by Gasteiger charge is -2.00. The van der Waals surface area contributed by atoms with E-state index in [0.29, 0.717) is 12.8 Å². The maximum absolute atomic E-state index is 10.8. The Bertz CT molecular complexity index is 104. The first kappa shape index (κ1) is 11.2. The average Bonchev–Trinajstić information content (AvgIpc) is 2.04. The fourth-order valence-corrected chi connectivity index (χ4v) is 1.39. The normalized spacial score (nSPS) is 13.3. The summed E-state index contributed by atoms with van der Waals surface area (Å²) in [5.74, 6) is 0. The molecular formula is C8H19O2P. The van der Waals surface area contributed by atoms with Crippen molar-refractivity contribution in [1.82, 2.24) is 0 Å². The highest BCUT2D eigenvalue weighted by atomic mass is 31.1. The maximum atomic E-state index is 10.8. The molecule has 0 heterocycles. The SMILES string of the molecule is CCCCCCO[PH](=O)CC. The molecule has 1 atom stereocenters. The minimum atomic E-state index is -1.67. The second-order valence-corrected chi connectivity index (χ2v) is 4.37. The first-order valence-corrected chi connectivity index (χ1v) is 5.99. The largest absolute Gasteiger partial charge is 0.330 e. The summed E-state index contributed by atoms with van der Waals surface area (Å²) in [5, 5.41) is 0. The predicted molar refractivity (Wildman–Crippen MR) is 49.6 cm³/mol. The fraction of sp³-hybridized carbons (Fsp3) is 1.00. The van der Waals surface area contributed by atoms with Crippen molar-refractivity contribution in [3.05, 3.63) is 0 Å². The molecule has 11 heavy (non-hydrogen) atoms. The third-order valence-electron chi connectivity index (χ3n) is 1.55. The Hall–Kier alpha value is 0.190. The highest BCUT2D eigenvalue weighted by Gasteiger charge is 1.93. The molecule has 2 nitrogen and oxygen atoms in total. The van der Waals surface area contributed by atoms with Crippen molar-refractivity contribution in [2.75, 3.05) is 12.8 Å². The lowest BCUT2D eigenvalue weighted by Crippen LogP contribution is -1.87. The van der Waals surface area contributed by atoms with E-state index in [1.165, 1.54) is 19.3 Å². The van der Waals surface area contributed by atoms with Gasteiger partial charge in [0, 0.05) is 6.16 Å². The average molecular weight is 178 g/mol. The summed E-state index contributed by atoms with van der Waals surface area (Å²) in [6.45, 7) is 4.76. The zero-order chi connectivity index (χ0) is 8.53. The van der Waals surface area contributed by atoms with Gasteiger partial charge in [0.25, 0.3) is 0 Å². The lowest BCUT2D eigenvalue weighted by molar-refractivity contribution is 0.317. The van der Waals surface area contributed by atoms with Crippen LogP contribution >= 0.6 is 8.03 Å². The van der Waals surface area contributed by atoms with Crippen LogP contribution in [0.5, 0.6) is 0 Å². The number of rotatable bonds is 7. The molecule has 0 saturated heterocycles. The zero-order valence-electron chi connectivity index (χ0n) is 7.56. The first-order chi connectivity index (χ1) is 5.31. The Kier molecular flexibility index (Phi) is 8.43. The van der Waals surface area contributed by atoms with Crippen molar-refractivity contribution in [2.45, 2.75) is 39.5 Å². The molecule has 0 spiro atoms. The molecule has 1 unspecified atom stereocenters. The molecular weight excluding hydrogens is 159 g/mol. The van der Waals surface area contributed by atoms with E-state index in [4.69, 9.17) is 4.52 Å². The van der Waals surface area contributed by atoms with Gasteiger partial charge in [0.05, 0.1) is 6.61 Å². The Morgan fingerprint density at radius 2 is 1.91 bits per heavy atom. The Morgan fingerprint density at radius 1 is 1.18 bits per heavy atom. The second-order valence-electron chi connectivity index (χ2n) is 2.63. The van der Waals surface area contributed by atoms with Crippen LogP contribution in [-0.2, 0) is 9.09 Å². The smallest absolute Gasteiger partial charge is 0.191 e. The van der Waals surface area contributed by atoms with Crippen molar-refractivity contribution < 1.29 is 9.09 Å². The van der Waals surface area contributed by atoms with Gasteiger partial charge in [-0.2, -0.15) is 0 Å². The van der Waals surface area contributed by atoms with Crippen molar-refractivity contribution in [2.24, 2.45) is 0 Å². The summed E-state index contributed by atoms with van der Waals surface area (Å²) in [6, 6.07) is 0. The van der Waals surface area contributed by atoms with Crippen molar-refractivity contribution in [3.63, 3.8) is 0 Å². The summed E-state index contributed by atoms with van der Waals surface area (Å²) in [7, 11) is -1.67. The van der Waals surface area contributed by atoms with Gasteiger partial charge in [-0.15, -0.1) is 0 Å². The molecule has 0 aromatic rings. The summed E-state index contributed by atoms with van der Waals surface area (Å²) < 4.78 is 15.9. The van der Waals surface area contributed by atoms with Crippen LogP contribution in [-0.4, -0.2) is 12.8 Å². The zero-order valence-corrected chi connectivity index (χ0v) is 8.56. The van der Waals surface area contributed by atoms with Crippen LogP contribution < -0.4 is 0 Å². The van der Waals surface area contributed by atoms with Crippen LogP contribution in [0.3, 0.4) is 0 Å². The van der Waals surface area contributed by atoms with E-state index < -0.39 is 8.03 Å². The van der Waals surface area contributed by atoms with Crippen LogP contribution in [0.15, 0.2) is 0 Å². The van der Waals surface area contributed by atoms with Gasteiger partial charge in [-0.05, 0) is 6.42 Å².